The third-order valence-corrected chi connectivity index (χ3v) is 1.46. The highest BCUT2D eigenvalue weighted by Crippen LogP contribution is 2.07. The first-order chi connectivity index (χ1) is 4.75. The number of hydrogen-bond acceptors (Lipinski definition) is 2. The molecular weight excluding hydrogens is 128 g/mol. The van der Waals surface area contributed by atoms with Crippen LogP contribution < -0.4 is 0 Å². The molecule has 0 saturated heterocycles. The van der Waals surface area contributed by atoms with E-state index in [2.05, 4.69) is 4.98 Å². The van der Waals surface area contributed by atoms with Crippen molar-refractivity contribution in [2.75, 3.05) is 0 Å². The van der Waals surface area contributed by atoms with Crippen molar-refractivity contribution in [3.8, 4) is 0 Å². The zero-order chi connectivity index (χ0) is 7.56. The van der Waals surface area contributed by atoms with Crippen molar-refractivity contribution in [3.63, 3.8) is 0 Å². The third kappa shape index (κ3) is 1.19. The summed E-state index contributed by atoms with van der Waals surface area (Å²) in [7, 11) is 0. The summed E-state index contributed by atoms with van der Waals surface area (Å²) in [5, 5.41) is 9.14. The van der Waals surface area contributed by atoms with Gasteiger partial charge in [-0.15, -0.1) is 0 Å². The maximum Gasteiger partial charge on any atom is 0.137 e. The Morgan fingerprint density at radius 3 is 2.90 bits per heavy atom. The lowest BCUT2D eigenvalue weighted by molar-refractivity contribution is 0.184. The van der Waals surface area contributed by atoms with Gasteiger partial charge in [0, 0.05) is 18.9 Å². The number of aromatic nitrogens is 2. The minimum atomic E-state index is -0.463. The van der Waals surface area contributed by atoms with Crippen LogP contribution in [0.1, 0.15) is 25.8 Å². The predicted octanol–water partition coefficient (Wildman–Crippen LogP) is 0.956. The van der Waals surface area contributed by atoms with E-state index in [1.54, 1.807) is 13.1 Å². The van der Waals surface area contributed by atoms with Gasteiger partial charge in [-0.2, -0.15) is 0 Å². The fraction of sp³-hybridized carbons (Fsp3) is 0.571. The molecule has 0 fully saturated rings. The Bertz CT molecular complexity index is 205. The molecule has 0 amide bonds. The van der Waals surface area contributed by atoms with Gasteiger partial charge in [0.25, 0.3) is 0 Å². The van der Waals surface area contributed by atoms with E-state index in [1.165, 1.54) is 0 Å². The highest BCUT2D eigenvalue weighted by molar-refractivity contribution is 4.94. The van der Waals surface area contributed by atoms with Crippen LogP contribution in [0.3, 0.4) is 0 Å². The van der Waals surface area contributed by atoms with Crippen LogP contribution in [0.5, 0.6) is 0 Å². The van der Waals surface area contributed by atoms with Crippen LogP contribution in [-0.4, -0.2) is 14.7 Å². The molecule has 1 aromatic rings. The SMILES string of the molecule is CCn1ccnc1[C@@H](C)O. The molecule has 0 saturated carbocycles. The largest absolute Gasteiger partial charge is 0.385 e. The number of nitrogens with zero attached hydrogens (tertiary/aromatic N) is 2. The van der Waals surface area contributed by atoms with Gasteiger partial charge in [0.1, 0.15) is 11.9 Å². The van der Waals surface area contributed by atoms with Crippen molar-refractivity contribution in [3.05, 3.63) is 18.2 Å². The molecule has 1 N–H and O–H groups in total. The number of imidazole rings is 1. The molecule has 0 aromatic carbocycles. The van der Waals surface area contributed by atoms with Gasteiger partial charge in [-0.1, -0.05) is 0 Å². The van der Waals surface area contributed by atoms with Crippen LogP contribution >= 0.6 is 0 Å². The Kier molecular flexibility index (Phi) is 2.06. The van der Waals surface area contributed by atoms with Crippen LogP contribution in [-0.2, 0) is 6.54 Å². The van der Waals surface area contributed by atoms with E-state index in [-0.39, 0.29) is 0 Å². The number of aryl methyl sites for hydroxylation is 1. The van der Waals surface area contributed by atoms with Gasteiger partial charge >= 0.3 is 0 Å². The quantitative estimate of drug-likeness (QED) is 0.664. The molecule has 10 heavy (non-hydrogen) atoms. The first-order valence-corrected chi connectivity index (χ1v) is 3.44. The first kappa shape index (κ1) is 7.28. The van der Waals surface area contributed by atoms with Crippen molar-refractivity contribution in [2.45, 2.75) is 26.5 Å². The second-order valence-electron chi connectivity index (χ2n) is 2.25. The smallest absolute Gasteiger partial charge is 0.137 e. The average Bonchev–Trinajstić information content (AvgIpc) is 2.33. The summed E-state index contributed by atoms with van der Waals surface area (Å²) in [6, 6.07) is 0. The second-order valence-corrected chi connectivity index (χ2v) is 2.25. The maximum atomic E-state index is 9.14. The fourth-order valence-corrected chi connectivity index (χ4v) is 0.956. The Morgan fingerprint density at radius 1 is 1.80 bits per heavy atom. The summed E-state index contributed by atoms with van der Waals surface area (Å²) in [5.74, 6) is 0.738. The number of aliphatic hydroxyl groups is 1. The standard InChI is InChI=1S/C7H12N2O/c1-3-9-5-4-8-7(9)6(2)10/h4-6,10H,3H2,1-2H3/t6-/m1/s1. The zero-order valence-corrected chi connectivity index (χ0v) is 6.28. The van der Waals surface area contributed by atoms with Crippen LogP contribution in [0, 0.1) is 0 Å². The molecule has 0 aliphatic carbocycles. The van der Waals surface area contributed by atoms with Gasteiger partial charge in [0.15, 0.2) is 0 Å². The van der Waals surface area contributed by atoms with Crippen molar-refractivity contribution < 1.29 is 5.11 Å². The number of rotatable bonds is 2. The summed E-state index contributed by atoms with van der Waals surface area (Å²) in [5.41, 5.74) is 0. The molecule has 0 radical (unpaired) electrons. The summed E-state index contributed by atoms with van der Waals surface area (Å²) in [4.78, 5) is 4.00. The van der Waals surface area contributed by atoms with E-state index in [4.69, 9.17) is 5.11 Å². The van der Waals surface area contributed by atoms with Crippen LogP contribution in [0.4, 0.5) is 0 Å². The van der Waals surface area contributed by atoms with Crippen molar-refractivity contribution in [1.82, 2.24) is 9.55 Å². The van der Waals surface area contributed by atoms with Gasteiger partial charge < -0.3 is 9.67 Å². The lowest BCUT2D eigenvalue weighted by Gasteiger charge is -2.05. The number of hydrogen-bond donors (Lipinski definition) is 1. The fourth-order valence-electron chi connectivity index (χ4n) is 0.956. The molecule has 0 spiro atoms. The van der Waals surface area contributed by atoms with Crippen molar-refractivity contribution >= 4 is 0 Å². The van der Waals surface area contributed by atoms with Gasteiger partial charge in [-0.3, -0.25) is 0 Å². The second kappa shape index (κ2) is 2.84. The van der Waals surface area contributed by atoms with E-state index < -0.39 is 6.10 Å². The molecule has 0 unspecified atom stereocenters. The molecule has 0 aliphatic rings. The minimum absolute atomic E-state index is 0.463. The average molecular weight is 140 g/mol. The molecule has 1 atom stereocenters. The van der Waals surface area contributed by atoms with E-state index in [1.807, 2.05) is 17.7 Å². The molecule has 0 bridgehead atoms. The first-order valence-electron chi connectivity index (χ1n) is 3.44. The topological polar surface area (TPSA) is 38.0 Å². The molecule has 1 heterocycles. The zero-order valence-electron chi connectivity index (χ0n) is 6.28. The minimum Gasteiger partial charge on any atom is -0.385 e. The monoisotopic (exact) mass is 140 g/mol. The molecule has 1 aromatic heterocycles. The van der Waals surface area contributed by atoms with Crippen LogP contribution in [0.25, 0.3) is 0 Å². The van der Waals surface area contributed by atoms with E-state index in [0.717, 1.165) is 12.4 Å². The van der Waals surface area contributed by atoms with Crippen LogP contribution in [0.2, 0.25) is 0 Å². The van der Waals surface area contributed by atoms with Crippen molar-refractivity contribution in [1.29, 1.82) is 0 Å². The molecule has 0 aliphatic heterocycles. The van der Waals surface area contributed by atoms with E-state index in [9.17, 15) is 0 Å². The molecule has 56 valence electrons. The molecular formula is C7H12N2O. The summed E-state index contributed by atoms with van der Waals surface area (Å²) >= 11 is 0. The summed E-state index contributed by atoms with van der Waals surface area (Å²) in [6.45, 7) is 4.60. The Hall–Kier alpha value is -0.830. The normalized spacial score (nSPS) is 13.5. The Labute approximate surface area is 60.3 Å². The lowest BCUT2D eigenvalue weighted by Crippen LogP contribution is -2.03. The summed E-state index contributed by atoms with van der Waals surface area (Å²) < 4.78 is 1.92. The third-order valence-electron chi connectivity index (χ3n) is 1.46. The van der Waals surface area contributed by atoms with Gasteiger partial charge in [0.05, 0.1) is 0 Å². The lowest BCUT2D eigenvalue weighted by atomic mass is 10.4. The van der Waals surface area contributed by atoms with E-state index >= 15 is 0 Å². The van der Waals surface area contributed by atoms with Gasteiger partial charge in [-0.05, 0) is 13.8 Å². The summed E-state index contributed by atoms with van der Waals surface area (Å²) in [6.07, 6.45) is 3.10. The Balaban J connectivity index is 2.90. The maximum absolute atomic E-state index is 9.14. The van der Waals surface area contributed by atoms with E-state index in [0.29, 0.717) is 0 Å². The van der Waals surface area contributed by atoms with Crippen molar-refractivity contribution in [2.24, 2.45) is 0 Å². The van der Waals surface area contributed by atoms with Gasteiger partial charge in [0.2, 0.25) is 0 Å². The Morgan fingerprint density at radius 2 is 2.50 bits per heavy atom. The number of aliphatic hydroxyl groups excluding tert-OH is 1. The van der Waals surface area contributed by atoms with Gasteiger partial charge in [-0.25, -0.2) is 4.98 Å². The van der Waals surface area contributed by atoms with Crippen LogP contribution in [0.15, 0.2) is 12.4 Å². The molecule has 3 heteroatoms. The highest BCUT2D eigenvalue weighted by atomic mass is 16.3. The molecule has 1 rings (SSSR count). The molecule has 3 nitrogen and oxygen atoms in total. The predicted molar refractivity (Wildman–Crippen MR) is 38.5 cm³/mol. The highest BCUT2D eigenvalue weighted by Gasteiger charge is 2.05.